The van der Waals surface area contributed by atoms with E-state index in [9.17, 15) is 4.79 Å². The smallest absolute Gasteiger partial charge is 0.248 e. The molecule has 0 aliphatic rings. The molecule has 0 spiro atoms. The van der Waals surface area contributed by atoms with E-state index in [1.165, 1.54) is 6.07 Å². The van der Waals surface area contributed by atoms with Gasteiger partial charge in [-0.3, -0.25) is 4.79 Å². The minimum atomic E-state index is -0.0679. The molecule has 0 aliphatic carbocycles. The predicted molar refractivity (Wildman–Crippen MR) is 52.6 cm³/mol. The Kier molecular flexibility index (Phi) is 5.79. The number of rotatable bonds is 2. The van der Waals surface area contributed by atoms with Gasteiger partial charge in [-0.25, -0.2) is 0 Å². The number of aromatic nitrogens is 1. The van der Waals surface area contributed by atoms with Gasteiger partial charge in [-0.15, -0.1) is 0 Å². The largest absolute Gasteiger partial charge is 0.384 e. The van der Waals surface area contributed by atoms with Gasteiger partial charge in [0.05, 0.1) is 5.69 Å². The first kappa shape index (κ1) is 10.8. The maximum atomic E-state index is 10.5. The van der Waals surface area contributed by atoms with E-state index in [-0.39, 0.29) is 5.56 Å². The Balaban J connectivity index is 0.000000561. The second kappa shape index (κ2) is 6.46. The van der Waals surface area contributed by atoms with Crippen LogP contribution in [0.5, 0.6) is 0 Å². The lowest BCUT2D eigenvalue weighted by atomic mass is 10.4. The lowest BCUT2D eigenvalue weighted by Gasteiger charge is -1.99. The summed E-state index contributed by atoms with van der Waals surface area (Å²) in [7, 11) is 0. The summed E-state index contributed by atoms with van der Waals surface area (Å²) in [6.07, 6.45) is 1.66. The zero-order chi connectivity index (χ0) is 9.40. The van der Waals surface area contributed by atoms with E-state index in [4.69, 9.17) is 0 Å². The fraction of sp³-hybridized carbons (Fsp3) is 0.444. The number of anilines is 1. The van der Waals surface area contributed by atoms with Gasteiger partial charge in [0.1, 0.15) is 0 Å². The summed E-state index contributed by atoms with van der Waals surface area (Å²) in [5.41, 5.74) is 0.878. The van der Waals surface area contributed by atoms with Crippen molar-refractivity contribution < 1.29 is 0 Å². The Morgan fingerprint density at radius 2 is 2.08 bits per heavy atom. The Morgan fingerprint density at radius 3 is 2.50 bits per heavy atom. The van der Waals surface area contributed by atoms with Crippen molar-refractivity contribution in [1.82, 2.24) is 4.98 Å². The quantitative estimate of drug-likeness (QED) is 0.707. The summed E-state index contributed by atoms with van der Waals surface area (Å²) in [4.78, 5) is 13.1. The highest BCUT2D eigenvalue weighted by molar-refractivity contribution is 5.39. The van der Waals surface area contributed by atoms with E-state index in [0.29, 0.717) is 0 Å². The van der Waals surface area contributed by atoms with Gasteiger partial charge >= 0.3 is 0 Å². The number of nitrogens with one attached hydrogen (secondary N) is 2. The summed E-state index contributed by atoms with van der Waals surface area (Å²) < 4.78 is 0. The Bertz CT molecular complexity index is 234. The van der Waals surface area contributed by atoms with Crippen LogP contribution >= 0.6 is 0 Å². The van der Waals surface area contributed by atoms with Gasteiger partial charge in [-0.05, 0) is 13.0 Å². The molecular weight excluding hydrogens is 152 g/mol. The molecule has 1 aromatic heterocycles. The molecule has 0 aromatic carbocycles. The van der Waals surface area contributed by atoms with Crippen LogP contribution in [0, 0.1) is 0 Å². The van der Waals surface area contributed by atoms with Crippen LogP contribution in [0.3, 0.4) is 0 Å². The standard InChI is InChI=1S/C7H10N2O.C2H6/c1-2-8-6-3-4-7(10)9-5-6;1-2/h3-5,8H,2H2,1H3,(H,9,10);1-2H3. The molecule has 0 atom stereocenters. The van der Waals surface area contributed by atoms with Crippen molar-refractivity contribution in [2.24, 2.45) is 0 Å². The minimum Gasteiger partial charge on any atom is -0.384 e. The molecule has 2 N–H and O–H groups in total. The summed E-state index contributed by atoms with van der Waals surface area (Å²) in [6.45, 7) is 6.87. The van der Waals surface area contributed by atoms with Crippen molar-refractivity contribution in [3.63, 3.8) is 0 Å². The van der Waals surface area contributed by atoms with Gasteiger partial charge in [0.2, 0.25) is 5.56 Å². The van der Waals surface area contributed by atoms with Gasteiger partial charge in [0.15, 0.2) is 0 Å². The molecule has 12 heavy (non-hydrogen) atoms. The molecule has 0 fully saturated rings. The zero-order valence-corrected chi connectivity index (χ0v) is 7.85. The fourth-order valence-corrected chi connectivity index (χ4v) is 0.725. The lowest BCUT2D eigenvalue weighted by Crippen LogP contribution is -2.04. The third-order valence-corrected chi connectivity index (χ3v) is 1.17. The lowest BCUT2D eigenvalue weighted by molar-refractivity contribution is 1.17. The number of hydrogen-bond acceptors (Lipinski definition) is 2. The third-order valence-electron chi connectivity index (χ3n) is 1.17. The average Bonchev–Trinajstić information content (AvgIpc) is 2.13. The molecule has 3 heteroatoms. The second-order valence-corrected chi connectivity index (χ2v) is 1.97. The van der Waals surface area contributed by atoms with E-state index >= 15 is 0 Å². The maximum Gasteiger partial charge on any atom is 0.248 e. The van der Waals surface area contributed by atoms with Crippen molar-refractivity contribution in [2.75, 3.05) is 11.9 Å². The molecule has 0 radical (unpaired) electrons. The first-order chi connectivity index (χ1) is 5.83. The minimum absolute atomic E-state index is 0.0679. The summed E-state index contributed by atoms with van der Waals surface area (Å²) in [5, 5.41) is 3.06. The molecule has 1 aromatic rings. The van der Waals surface area contributed by atoms with Crippen LogP contribution in [0.1, 0.15) is 20.8 Å². The highest BCUT2D eigenvalue weighted by Gasteiger charge is 1.85. The number of aromatic amines is 1. The van der Waals surface area contributed by atoms with Gasteiger partial charge in [-0.2, -0.15) is 0 Å². The molecule has 0 bridgehead atoms. The van der Waals surface area contributed by atoms with Crippen molar-refractivity contribution in [3.8, 4) is 0 Å². The summed E-state index contributed by atoms with van der Waals surface area (Å²) in [6, 6.07) is 3.25. The normalized spacial score (nSPS) is 8.25. The molecule has 0 saturated carbocycles. The molecule has 3 nitrogen and oxygen atoms in total. The molecular formula is C9H16N2O. The molecule has 1 heterocycles. The van der Waals surface area contributed by atoms with Crippen LogP contribution in [0.25, 0.3) is 0 Å². The van der Waals surface area contributed by atoms with Gasteiger partial charge in [-0.1, -0.05) is 13.8 Å². The first-order valence-electron chi connectivity index (χ1n) is 4.25. The topological polar surface area (TPSA) is 44.9 Å². The van der Waals surface area contributed by atoms with Gasteiger partial charge < -0.3 is 10.3 Å². The number of hydrogen-bond donors (Lipinski definition) is 2. The van der Waals surface area contributed by atoms with Gasteiger partial charge in [0, 0.05) is 18.8 Å². The van der Waals surface area contributed by atoms with E-state index in [1.807, 2.05) is 20.8 Å². The molecule has 0 aliphatic heterocycles. The molecule has 0 saturated heterocycles. The van der Waals surface area contributed by atoms with Crippen LogP contribution < -0.4 is 10.9 Å². The summed E-state index contributed by atoms with van der Waals surface area (Å²) in [5.74, 6) is 0. The average molecular weight is 168 g/mol. The summed E-state index contributed by atoms with van der Waals surface area (Å²) >= 11 is 0. The number of H-pyrrole nitrogens is 1. The highest BCUT2D eigenvalue weighted by atomic mass is 16.1. The van der Waals surface area contributed by atoms with E-state index in [0.717, 1.165) is 12.2 Å². The van der Waals surface area contributed by atoms with Crippen LogP contribution in [-0.4, -0.2) is 11.5 Å². The van der Waals surface area contributed by atoms with Crippen molar-refractivity contribution >= 4 is 5.69 Å². The van der Waals surface area contributed by atoms with Crippen LogP contribution in [0.4, 0.5) is 5.69 Å². The zero-order valence-electron chi connectivity index (χ0n) is 7.85. The Hall–Kier alpha value is -1.25. The molecule has 0 unspecified atom stereocenters. The monoisotopic (exact) mass is 168 g/mol. The van der Waals surface area contributed by atoms with Crippen molar-refractivity contribution in [1.29, 1.82) is 0 Å². The second-order valence-electron chi connectivity index (χ2n) is 1.97. The third kappa shape index (κ3) is 3.81. The van der Waals surface area contributed by atoms with Crippen molar-refractivity contribution in [2.45, 2.75) is 20.8 Å². The molecule has 68 valence electrons. The molecule has 0 amide bonds. The maximum absolute atomic E-state index is 10.5. The van der Waals surface area contributed by atoms with E-state index in [2.05, 4.69) is 10.3 Å². The SMILES string of the molecule is CC.CCNc1ccc(=O)[nH]c1. The molecule has 1 rings (SSSR count). The fourth-order valence-electron chi connectivity index (χ4n) is 0.725. The highest BCUT2D eigenvalue weighted by Crippen LogP contribution is 1.98. The van der Waals surface area contributed by atoms with Crippen molar-refractivity contribution in [3.05, 3.63) is 28.7 Å². The van der Waals surface area contributed by atoms with E-state index < -0.39 is 0 Å². The van der Waals surface area contributed by atoms with Gasteiger partial charge in [0.25, 0.3) is 0 Å². The van der Waals surface area contributed by atoms with Crippen LogP contribution in [0.15, 0.2) is 23.1 Å². The number of pyridine rings is 1. The van der Waals surface area contributed by atoms with E-state index in [1.54, 1.807) is 12.3 Å². The Labute approximate surface area is 72.8 Å². The predicted octanol–water partition coefficient (Wildman–Crippen LogP) is 1.83. The first-order valence-corrected chi connectivity index (χ1v) is 4.25. The van der Waals surface area contributed by atoms with Crippen LogP contribution in [0.2, 0.25) is 0 Å². The van der Waals surface area contributed by atoms with Crippen LogP contribution in [-0.2, 0) is 0 Å². The Morgan fingerprint density at radius 1 is 1.42 bits per heavy atom.